The number of piperazine rings is 1. The summed E-state index contributed by atoms with van der Waals surface area (Å²) in [5.41, 5.74) is 3.94. The van der Waals surface area contributed by atoms with Crippen LogP contribution in [-0.2, 0) is 9.59 Å². The molecule has 6 aromatic rings. The van der Waals surface area contributed by atoms with E-state index in [9.17, 15) is 24.5 Å². The van der Waals surface area contributed by atoms with Crippen LogP contribution in [0.4, 0.5) is 22.7 Å². The minimum absolute atomic E-state index is 0.0269. The molecule has 11 heteroatoms. The highest BCUT2D eigenvalue weighted by atomic mass is 16.6. The van der Waals surface area contributed by atoms with Gasteiger partial charge in [0.15, 0.2) is 5.78 Å². The van der Waals surface area contributed by atoms with Gasteiger partial charge in [-0.3, -0.25) is 29.4 Å². The van der Waals surface area contributed by atoms with Gasteiger partial charge in [0.1, 0.15) is 17.6 Å². The van der Waals surface area contributed by atoms with Crippen LogP contribution in [0.2, 0.25) is 0 Å². The molecule has 0 radical (unpaired) electrons. The van der Waals surface area contributed by atoms with Crippen LogP contribution in [0, 0.1) is 10.1 Å². The van der Waals surface area contributed by atoms with Crippen molar-refractivity contribution >= 4 is 46.4 Å². The zero-order valence-electron chi connectivity index (χ0n) is 29.7. The van der Waals surface area contributed by atoms with Gasteiger partial charge in [0, 0.05) is 72.5 Å². The lowest BCUT2D eigenvalue weighted by Gasteiger charge is -2.39. The van der Waals surface area contributed by atoms with Crippen molar-refractivity contribution in [1.82, 2.24) is 4.90 Å². The number of ketones is 1. The van der Waals surface area contributed by atoms with E-state index in [-0.39, 0.29) is 22.9 Å². The van der Waals surface area contributed by atoms with Gasteiger partial charge in [-0.2, -0.15) is 0 Å². The number of carbonyl (C=O) groups excluding carboxylic acids is 3. The Morgan fingerprint density at radius 3 is 2.05 bits per heavy atom. The van der Waals surface area contributed by atoms with Crippen LogP contribution < -0.4 is 15.5 Å². The second-order valence-electron chi connectivity index (χ2n) is 12.9. The molecule has 2 heterocycles. The molecule has 11 nitrogen and oxygen atoms in total. The van der Waals surface area contributed by atoms with E-state index in [1.165, 1.54) is 24.3 Å². The summed E-state index contributed by atoms with van der Waals surface area (Å²) in [6, 6.07) is 42.2. The molecule has 1 fully saturated rings. The van der Waals surface area contributed by atoms with E-state index in [2.05, 4.69) is 32.6 Å². The molecular weight excluding hydrogens is 695 g/mol. The van der Waals surface area contributed by atoms with Crippen molar-refractivity contribution in [1.29, 1.82) is 0 Å². The van der Waals surface area contributed by atoms with E-state index < -0.39 is 16.9 Å². The van der Waals surface area contributed by atoms with Gasteiger partial charge >= 0.3 is 0 Å². The molecule has 5 aromatic carbocycles. The minimum Gasteiger partial charge on any atom is -0.457 e. The number of non-ortho nitro benzene ring substituents is 1. The molecule has 1 aliphatic rings. The van der Waals surface area contributed by atoms with Crippen LogP contribution in [0.1, 0.15) is 33.3 Å². The maximum absolute atomic E-state index is 14.3. The molecule has 2 N–H and O–H groups in total. The highest BCUT2D eigenvalue weighted by Gasteiger charge is 2.31. The summed E-state index contributed by atoms with van der Waals surface area (Å²) >= 11 is 0. The van der Waals surface area contributed by atoms with E-state index in [0.717, 1.165) is 24.3 Å². The Morgan fingerprint density at radius 2 is 1.38 bits per heavy atom. The van der Waals surface area contributed by atoms with Gasteiger partial charge in [-0.05, 0) is 66.2 Å². The smallest absolute Gasteiger partial charge is 0.269 e. The average molecular weight is 732 g/mol. The van der Waals surface area contributed by atoms with Gasteiger partial charge < -0.3 is 20.0 Å². The van der Waals surface area contributed by atoms with Gasteiger partial charge in [-0.25, -0.2) is 0 Å². The molecule has 1 saturated heterocycles. The number of amides is 2. The molecule has 7 rings (SSSR count). The molecule has 2 amide bonds. The lowest BCUT2D eigenvalue weighted by atomic mass is 9.99. The normalized spacial score (nSPS) is 13.6. The molecule has 55 heavy (non-hydrogen) atoms. The molecule has 1 aromatic heterocycles. The Bertz CT molecular complexity index is 2320. The minimum atomic E-state index is -0.606. The highest BCUT2D eigenvalue weighted by Crippen LogP contribution is 2.30. The number of rotatable bonds is 12. The summed E-state index contributed by atoms with van der Waals surface area (Å²) < 4.78 is 5.82. The van der Waals surface area contributed by atoms with Crippen molar-refractivity contribution in [3.8, 4) is 11.3 Å². The number of nitrogens with zero attached hydrogens (tertiary/aromatic N) is 3. The van der Waals surface area contributed by atoms with Crippen LogP contribution in [0.25, 0.3) is 17.4 Å². The number of carbonyl (C=O) groups is 3. The largest absolute Gasteiger partial charge is 0.457 e. The van der Waals surface area contributed by atoms with Gasteiger partial charge in [0.25, 0.3) is 5.69 Å². The average Bonchev–Trinajstić information content (AvgIpc) is 3.71. The van der Waals surface area contributed by atoms with Crippen LogP contribution >= 0.6 is 0 Å². The molecule has 1 atom stereocenters. The summed E-state index contributed by atoms with van der Waals surface area (Å²) in [5, 5.41) is 16.8. The van der Waals surface area contributed by atoms with Crippen molar-refractivity contribution < 1.29 is 23.7 Å². The first-order valence-electron chi connectivity index (χ1n) is 17.8. The summed E-state index contributed by atoms with van der Waals surface area (Å²) in [5.74, 6) is -0.170. The number of para-hydroxylation sites is 1. The SMILES string of the molecule is O=C(/C=C/c1ccc(-c2ccc([N+](=O)[O-])cc2)o1)Nc1ccc(NC(=O)C(c2ccccc2)N2CCN(c3ccccc3)CC2)c(C(=O)c2ccccc2)c1. The zero-order chi connectivity index (χ0) is 38.1. The maximum Gasteiger partial charge on any atom is 0.269 e. The monoisotopic (exact) mass is 731 g/mol. The Kier molecular flexibility index (Phi) is 11.0. The molecule has 0 saturated carbocycles. The van der Waals surface area contributed by atoms with E-state index in [4.69, 9.17) is 4.42 Å². The number of nitrogens with one attached hydrogen (secondary N) is 2. The fourth-order valence-electron chi connectivity index (χ4n) is 6.59. The van der Waals surface area contributed by atoms with Gasteiger partial charge in [-0.1, -0.05) is 78.9 Å². The first kappa shape index (κ1) is 36.3. The van der Waals surface area contributed by atoms with Crippen molar-refractivity contribution in [2.45, 2.75) is 6.04 Å². The van der Waals surface area contributed by atoms with E-state index >= 15 is 0 Å². The lowest BCUT2D eigenvalue weighted by molar-refractivity contribution is -0.384. The van der Waals surface area contributed by atoms with Crippen LogP contribution in [-0.4, -0.2) is 53.6 Å². The number of benzene rings is 5. The van der Waals surface area contributed by atoms with Gasteiger partial charge in [0.05, 0.1) is 10.6 Å². The standard InChI is InChI=1S/C44H37N5O6/c50-41(25-22-37-21-24-40(55-37)31-16-19-36(20-17-31)49(53)54)45-34-18-23-39(38(30-34)43(51)33-12-6-2-7-13-33)46-44(52)42(32-10-4-1-5-11-32)48-28-26-47(27-29-48)35-14-8-3-9-15-35/h1-25,30,42H,26-29H2,(H,45,50)(H,46,52)/b25-22+. The molecular formula is C44H37N5O6. The predicted molar refractivity (Wildman–Crippen MR) is 213 cm³/mol. The van der Waals surface area contributed by atoms with E-state index in [1.807, 2.05) is 54.6 Å². The third-order valence-corrected chi connectivity index (χ3v) is 9.38. The number of anilines is 3. The molecule has 0 spiro atoms. The van der Waals surface area contributed by atoms with Crippen molar-refractivity contribution in [3.05, 3.63) is 184 Å². The third kappa shape index (κ3) is 8.75. The Balaban J connectivity index is 1.09. The van der Waals surface area contributed by atoms with Crippen molar-refractivity contribution in [2.24, 2.45) is 0 Å². The summed E-state index contributed by atoms with van der Waals surface area (Å²) in [6.07, 6.45) is 2.80. The van der Waals surface area contributed by atoms with Crippen LogP contribution in [0.5, 0.6) is 0 Å². The number of nitro benzene ring substituents is 1. The fourth-order valence-corrected chi connectivity index (χ4v) is 6.59. The Labute approximate surface area is 317 Å². The molecule has 1 unspecified atom stereocenters. The molecule has 1 aliphatic heterocycles. The first-order chi connectivity index (χ1) is 26.8. The second-order valence-corrected chi connectivity index (χ2v) is 12.9. The topological polar surface area (TPSA) is 138 Å². The Hall–Kier alpha value is -7.11. The van der Waals surface area contributed by atoms with Crippen molar-refractivity contribution in [2.75, 3.05) is 41.7 Å². The van der Waals surface area contributed by atoms with Gasteiger partial charge in [0.2, 0.25) is 11.8 Å². The Morgan fingerprint density at radius 1 is 0.727 bits per heavy atom. The fraction of sp³-hybridized carbons (Fsp3) is 0.114. The third-order valence-electron chi connectivity index (χ3n) is 9.38. The predicted octanol–water partition coefficient (Wildman–Crippen LogP) is 8.24. The van der Waals surface area contributed by atoms with Crippen LogP contribution in [0.3, 0.4) is 0 Å². The van der Waals surface area contributed by atoms with E-state index in [1.54, 1.807) is 66.7 Å². The summed E-state index contributed by atoms with van der Waals surface area (Å²) in [7, 11) is 0. The molecule has 0 bridgehead atoms. The quantitative estimate of drug-likeness (QED) is 0.0556. The zero-order valence-corrected chi connectivity index (χ0v) is 29.7. The van der Waals surface area contributed by atoms with E-state index in [0.29, 0.717) is 47.1 Å². The van der Waals surface area contributed by atoms with Crippen molar-refractivity contribution in [3.63, 3.8) is 0 Å². The first-order valence-corrected chi connectivity index (χ1v) is 17.8. The van der Waals surface area contributed by atoms with Crippen LogP contribution in [0.15, 0.2) is 156 Å². The second kappa shape index (κ2) is 16.7. The number of hydrogen-bond acceptors (Lipinski definition) is 8. The molecule has 0 aliphatic carbocycles. The van der Waals surface area contributed by atoms with Gasteiger partial charge in [-0.15, -0.1) is 0 Å². The summed E-state index contributed by atoms with van der Waals surface area (Å²) in [4.78, 5) is 56.3. The maximum atomic E-state index is 14.3. The lowest BCUT2D eigenvalue weighted by Crippen LogP contribution is -2.50. The summed E-state index contributed by atoms with van der Waals surface area (Å²) in [6.45, 7) is 2.82. The number of furan rings is 1. The highest BCUT2D eigenvalue weighted by molar-refractivity contribution is 6.15. The number of nitro groups is 1. The molecule has 274 valence electrons. The number of hydrogen-bond donors (Lipinski definition) is 2.